The number of hydrogen-bond donors (Lipinski definition) is 0. The van der Waals surface area contributed by atoms with Crippen LogP contribution in [0.5, 0.6) is 0 Å². The molecule has 3 heterocycles. The van der Waals surface area contributed by atoms with Crippen molar-refractivity contribution < 1.29 is 13.2 Å². The second-order valence-corrected chi connectivity index (χ2v) is 9.89. The molecule has 1 aliphatic rings. The van der Waals surface area contributed by atoms with E-state index >= 15 is 0 Å². The van der Waals surface area contributed by atoms with E-state index in [1.165, 1.54) is 12.5 Å². The minimum absolute atomic E-state index is 0.00914. The first kappa shape index (κ1) is 21.0. The van der Waals surface area contributed by atoms with Crippen molar-refractivity contribution in [2.75, 3.05) is 17.7 Å². The first-order valence-corrected chi connectivity index (χ1v) is 12.0. The Morgan fingerprint density at radius 1 is 1.29 bits per heavy atom. The van der Waals surface area contributed by atoms with Gasteiger partial charge in [0.2, 0.25) is 5.91 Å². The minimum Gasteiger partial charge on any atom is -0.312 e. The van der Waals surface area contributed by atoms with Gasteiger partial charge in [0.25, 0.3) is 0 Å². The van der Waals surface area contributed by atoms with Gasteiger partial charge in [-0.2, -0.15) is 10.4 Å². The number of hydrogen-bond acceptors (Lipinski definition) is 6. The number of nitrogens with zero attached hydrogens (tertiary/aromatic N) is 5. The number of aryl methyl sites for hydroxylation is 3. The van der Waals surface area contributed by atoms with Crippen LogP contribution in [0.1, 0.15) is 40.9 Å². The molecule has 0 spiro atoms. The van der Waals surface area contributed by atoms with Crippen LogP contribution < -0.4 is 4.90 Å². The number of rotatable bonds is 4. The lowest BCUT2D eigenvalue weighted by Gasteiger charge is -2.30. The summed E-state index contributed by atoms with van der Waals surface area (Å²) in [6, 6.07) is 7.08. The molecule has 0 fully saturated rings. The van der Waals surface area contributed by atoms with Crippen molar-refractivity contribution in [3.8, 4) is 6.07 Å². The van der Waals surface area contributed by atoms with Gasteiger partial charge in [-0.3, -0.25) is 4.79 Å². The highest BCUT2D eigenvalue weighted by Crippen LogP contribution is 2.30. The van der Waals surface area contributed by atoms with E-state index < -0.39 is 9.84 Å². The maximum atomic E-state index is 13.1. The van der Waals surface area contributed by atoms with Crippen molar-refractivity contribution in [1.82, 2.24) is 14.6 Å². The summed E-state index contributed by atoms with van der Waals surface area (Å²) in [6.45, 7) is 4.41. The van der Waals surface area contributed by atoms with E-state index in [0.717, 1.165) is 41.0 Å². The van der Waals surface area contributed by atoms with E-state index in [2.05, 4.69) is 16.2 Å². The molecule has 0 N–H and O–H groups in total. The summed E-state index contributed by atoms with van der Waals surface area (Å²) in [4.78, 5) is 19.6. The predicted octanol–water partition coefficient (Wildman–Crippen LogP) is 2.53. The zero-order valence-electron chi connectivity index (χ0n) is 17.7. The molecule has 0 saturated carbocycles. The zero-order valence-corrected chi connectivity index (χ0v) is 18.5. The van der Waals surface area contributed by atoms with E-state index in [1.807, 2.05) is 13.8 Å². The molecule has 8 nitrogen and oxygen atoms in total. The monoisotopic (exact) mass is 437 g/mol. The lowest BCUT2D eigenvalue weighted by molar-refractivity contribution is -0.118. The van der Waals surface area contributed by atoms with Crippen molar-refractivity contribution in [2.24, 2.45) is 0 Å². The van der Waals surface area contributed by atoms with Crippen molar-refractivity contribution >= 4 is 27.1 Å². The standard InChI is InChI=1S/C22H23N5O3S/c1-14-19(15(2)27-22(25-14)17(12-23)13-24-27)7-9-21(28)26-10-4-5-16-11-18(31(3,29)30)6-8-20(16)26/h6,8,11,13H,4-5,7,9-10H2,1-3H3. The van der Waals surface area contributed by atoms with Crippen LogP contribution >= 0.6 is 0 Å². The van der Waals surface area contributed by atoms with Gasteiger partial charge in [0, 0.05) is 36.3 Å². The topological polar surface area (TPSA) is 108 Å². The Kier molecular flexibility index (Phi) is 5.27. The number of carbonyl (C=O) groups is 1. The highest BCUT2D eigenvalue weighted by Gasteiger charge is 2.24. The Labute approximate surface area is 181 Å². The van der Waals surface area contributed by atoms with Crippen LogP contribution in [0.2, 0.25) is 0 Å². The highest BCUT2D eigenvalue weighted by molar-refractivity contribution is 7.90. The molecule has 0 radical (unpaired) electrons. The zero-order chi connectivity index (χ0) is 22.3. The molecule has 31 heavy (non-hydrogen) atoms. The van der Waals surface area contributed by atoms with E-state index in [-0.39, 0.29) is 10.8 Å². The molecule has 0 saturated heterocycles. The Morgan fingerprint density at radius 3 is 2.77 bits per heavy atom. The summed E-state index contributed by atoms with van der Waals surface area (Å²) in [5.74, 6) is -0.00914. The summed E-state index contributed by atoms with van der Waals surface area (Å²) in [7, 11) is -3.29. The maximum Gasteiger partial charge on any atom is 0.227 e. The summed E-state index contributed by atoms with van der Waals surface area (Å²) in [5.41, 5.74) is 5.22. The van der Waals surface area contributed by atoms with Crippen molar-refractivity contribution in [3.05, 3.63) is 52.5 Å². The third-order valence-corrected chi connectivity index (χ3v) is 6.93. The summed E-state index contributed by atoms with van der Waals surface area (Å²) >= 11 is 0. The second-order valence-electron chi connectivity index (χ2n) is 7.88. The van der Waals surface area contributed by atoms with Crippen LogP contribution in [0, 0.1) is 25.2 Å². The second kappa shape index (κ2) is 7.78. The molecule has 4 rings (SSSR count). The normalized spacial score (nSPS) is 13.8. The van der Waals surface area contributed by atoms with Crippen LogP contribution in [0.15, 0.2) is 29.3 Å². The number of anilines is 1. The average Bonchev–Trinajstić information content (AvgIpc) is 3.14. The maximum absolute atomic E-state index is 13.1. The highest BCUT2D eigenvalue weighted by atomic mass is 32.2. The molecule has 1 amide bonds. The molecule has 1 aromatic carbocycles. The van der Waals surface area contributed by atoms with Gasteiger partial charge in [0.15, 0.2) is 15.5 Å². The van der Waals surface area contributed by atoms with Gasteiger partial charge >= 0.3 is 0 Å². The third kappa shape index (κ3) is 3.79. The fourth-order valence-corrected chi connectivity index (χ4v) is 4.85. The minimum atomic E-state index is -3.29. The van der Waals surface area contributed by atoms with E-state index in [4.69, 9.17) is 0 Å². The Morgan fingerprint density at radius 2 is 2.06 bits per heavy atom. The van der Waals surface area contributed by atoms with Gasteiger partial charge in [-0.05, 0) is 62.4 Å². The summed E-state index contributed by atoms with van der Waals surface area (Å²) < 4.78 is 25.4. The number of fused-ring (bicyclic) bond motifs is 2. The largest absolute Gasteiger partial charge is 0.312 e. The Bertz CT molecular complexity index is 1350. The quantitative estimate of drug-likeness (QED) is 0.621. The number of carbonyl (C=O) groups excluding carboxylic acids is 1. The van der Waals surface area contributed by atoms with Crippen LogP contribution in [-0.4, -0.2) is 41.7 Å². The van der Waals surface area contributed by atoms with Crippen LogP contribution in [-0.2, 0) is 27.5 Å². The lowest BCUT2D eigenvalue weighted by atomic mass is 10.0. The van der Waals surface area contributed by atoms with E-state index in [1.54, 1.807) is 27.6 Å². The predicted molar refractivity (Wildman–Crippen MR) is 116 cm³/mol. The SMILES string of the molecule is Cc1nc2c(C#N)cnn2c(C)c1CCC(=O)N1CCCc2cc(S(C)(=O)=O)ccc21. The fourth-order valence-electron chi connectivity index (χ4n) is 4.18. The van der Waals surface area contributed by atoms with Gasteiger partial charge in [-0.25, -0.2) is 17.9 Å². The molecular weight excluding hydrogens is 414 g/mol. The molecule has 1 aliphatic heterocycles. The van der Waals surface area contributed by atoms with Crippen molar-refractivity contribution in [3.63, 3.8) is 0 Å². The van der Waals surface area contributed by atoms with Gasteiger partial charge in [-0.15, -0.1) is 0 Å². The fraction of sp³-hybridized carbons (Fsp3) is 0.364. The first-order valence-electron chi connectivity index (χ1n) is 10.1. The van der Waals surface area contributed by atoms with Gasteiger partial charge < -0.3 is 4.90 Å². The first-order chi connectivity index (χ1) is 14.7. The molecule has 0 aliphatic carbocycles. The Balaban J connectivity index is 1.58. The van der Waals surface area contributed by atoms with Crippen LogP contribution in [0.4, 0.5) is 5.69 Å². The van der Waals surface area contributed by atoms with Crippen LogP contribution in [0.25, 0.3) is 5.65 Å². The third-order valence-electron chi connectivity index (χ3n) is 5.82. The van der Waals surface area contributed by atoms with E-state index in [0.29, 0.717) is 30.6 Å². The molecule has 2 aromatic heterocycles. The summed E-state index contributed by atoms with van der Waals surface area (Å²) in [5, 5.41) is 13.5. The Hall–Kier alpha value is -3.25. The van der Waals surface area contributed by atoms with Crippen molar-refractivity contribution in [2.45, 2.75) is 44.4 Å². The van der Waals surface area contributed by atoms with Crippen molar-refractivity contribution in [1.29, 1.82) is 5.26 Å². The van der Waals surface area contributed by atoms with E-state index in [9.17, 15) is 18.5 Å². The number of benzene rings is 1. The van der Waals surface area contributed by atoms with Gasteiger partial charge in [0.1, 0.15) is 11.6 Å². The summed E-state index contributed by atoms with van der Waals surface area (Å²) in [6.07, 6.45) is 5.04. The average molecular weight is 438 g/mol. The smallest absolute Gasteiger partial charge is 0.227 e. The molecule has 3 aromatic rings. The van der Waals surface area contributed by atoms with Gasteiger partial charge in [0.05, 0.1) is 11.1 Å². The molecule has 9 heteroatoms. The number of nitriles is 1. The van der Waals surface area contributed by atoms with Gasteiger partial charge in [-0.1, -0.05) is 0 Å². The number of sulfone groups is 1. The molecular formula is C22H23N5O3S. The number of aromatic nitrogens is 3. The molecule has 0 bridgehead atoms. The lowest BCUT2D eigenvalue weighted by Crippen LogP contribution is -2.35. The molecule has 0 unspecified atom stereocenters. The van der Waals surface area contributed by atoms with Crippen LogP contribution in [0.3, 0.4) is 0 Å². The number of amides is 1. The molecule has 160 valence electrons. The molecule has 0 atom stereocenters.